The molecule has 0 saturated heterocycles. The molecule has 1 rings (SSSR count). The zero-order valence-corrected chi connectivity index (χ0v) is 8.88. The van der Waals surface area contributed by atoms with Crippen LogP contribution in [0.3, 0.4) is 0 Å². The van der Waals surface area contributed by atoms with Gasteiger partial charge in [0.2, 0.25) is 0 Å². The highest BCUT2D eigenvalue weighted by molar-refractivity contribution is 5.80. The molecular formula is C11H15FN2O. The Hall–Kier alpha value is -1.58. The molecule has 0 fully saturated rings. The maximum atomic E-state index is 13.0. The van der Waals surface area contributed by atoms with Crippen LogP contribution in [0.2, 0.25) is 0 Å². The molecule has 3 nitrogen and oxygen atoms in total. The van der Waals surface area contributed by atoms with Gasteiger partial charge in [-0.15, -0.1) is 0 Å². The summed E-state index contributed by atoms with van der Waals surface area (Å²) >= 11 is 0. The highest BCUT2D eigenvalue weighted by atomic mass is 19.1. The lowest BCUT2D eigenvalue weighted by molar-refractivity contribution is 0.240. The molecule has 0 radical (unpaired) electrons. The van der Waals surface area contributed by atoms with E-state index in [1.165, 1.54) is 12.1 Å². The van der Waals surface area contributed by atoms with Gasteiger partial charge in [-0.2, -0.15) is 0 Å². The van der Waals surface area contributed by atoms with E-state index >= 15 is 0 Å². The lowest BCUT2D eigenvalue weighted by Gasteiger charge is -2.13. The summed E-state index contributed by atoms with van der Waals surface area (Å²) in [7, 11) is 0. The second-order valence-corrected chi connectivity index (χ2v) is 3.62. The van der Waals surface area contributed by atoms with Crippen LogP contribution in [0.25, 0.3) is 0 Å². The van der Waals surface area contributed by atoms with Crippen molar-refractivity contribution in [3.05, 3.63) is 29.6 Å². The third-order valence-corrected chi connectivity index (χ3v) is 1.77. The van der Waals surface area contributed by atoms with Gasteiger partial charge in [0, 0.05) is 12.0 Å². The first-order valence-electron chi connectivity index (χ1n) is 4.77. The number of ether oxygens (including phenoxy) is 1. The fraction of sp³-hybridized carbons (Fsp3) is 0.364. The second-order valence-electron chi connectivity index (χ2n) is 3.62. The van der Waals surface area contributed by atoms with E-state index in [9.17, 15) is 4.39 Å². The molecule has 0 aromatic heterocycles. The van der Waals surface area contributed by atoms with Gasteiger partial charge >= 0.3 is 0 Å². The number of amidine groups is 1. The van der Waals surface area contributed by atoms with Crippen molar-refractivity contribution in [1.29, 1.82) is 5.41 Å². The van der Waals surface area contributed by atoms with Gasteiger partial charge in [-0.1, -0.05) is 0 Å². The van der Waals surface area contributed by atoms with Crippen molar-refractivity contribution in [2.45, 2.75) is 26.4 Å². The fourth-order valence-electron chi connectivity index (χ4n) is 1.26. The van der Waals surface area contributed by atoms with Crippen LogP contribution in [-0.4, -0.2) is 11.9 Å². The number of nitrogens with one attached hydrogen (secondary N) is 1. The molecule has 0 aliphatic carbocycles. The molecule has 82 valence electrons. The molecule has 0 aliphatic heterocycles. The molecule has 0 atom stereocenters. The molecule has 0 bridgehead atoms. The minimum absolute atomic E-state index is 0.00536. The molecule has 15 heavy (non-hydrogen) atoms. The first kappa shape index (κ1) is 11.5. The van der Waals surface area contributed by atoms with Gasteiger partial charge in [0.15, 0.2) is 0 Å². The van der Waals surface area contributed by atoms with E-state index in [0.717, 1.165) is 0 Å². The Morgan fingerprint density at radius 1 is 1.53 bits per heavy atom. The van der Waals surface area contributed by atoms with Crippen LogP contribution >= 0.6 is 0 Å². The summed E-state index contributed by atoms with van der Waals surface area (Å²) in [5.41, 5.74) is 5.89. The van der Waals surface area contributed by atoms with Crippen LogP contribution in [0.1, 0.15) is 19.4 Å². The average molecular weight is 210 g/mol. The third kappa shape index (κ3) is 3.58. The monoisotopic (exact) mass is 210 g/mol. The number of halogens is 1. The Kier molecular flexibility index (Phi) is 3.66. The largest absolute Gasteiger partial charge is 0.491 e. The zero-order chi connectivity index (χ0) is 11.4. The van der Waals surface area contributed by atoms with E-state index in [1.807, 2.05) is 13.8 Å². The molecule has 0 saturated carbocycles. The molecule has 0 amide bonds. The van der Waals surface area contributed by atoms with Crippen LogP contribution < -0.4 is 10.5 Å². The lowest BCUT2D eigenvalue weighted by atomic mass is 10.1. The molecule has 1 aromatic carbocycles. The van der Waals surface area contributed by atoms with E-state index in [0.29, 0.717) is 11.3 Å². The van der Waals surface area contributed by atoms with E-state index < -0.39 is 0 Å². The molecule has 0 unspecified atom stereocenters. The molecule has 0 heterocycles. The Labute approximate surface area is 88.6 Å². The Morgan fingerprint density at radius 3 is 2.73 bits per heavy atom. The highest BCUT2D eigenvalue weighted by Crippen LogP contribution is 2.21. The standard InChI is InChI=1S/C11H15FN2O/c1-7(2)15-10-4-3-9(12)5-8(10)6-11(13)14/h3-5,7H,6H2,1-2H3,(H3,13,14). The van der Waals surface area contributed by atoms with Gasteiger partial charge in [-0.25, -0.2) is 4.39 Å². The van der Waals surface area contributed by atoms with Crippen molar-refractivity contribution in [3.63, 3.8) is 0 Å². The van der Waals surface area contributed by atoms with E-state index in [1.54, 1.807) is 6.07 Å². The minimum Gasteiger partial charge on any atom is -0.491 e. The first-order valence-corrected chi connectivity index (χ1v) is 4.77. The van der Waals surface area contributed by atoms with E-state index in [2.05, 4.69) is 0 Å². The summed E-state index contributed by atoms with van der Waals surface area (Å²) < 4.78 is 18.5. The number of nitrogens with two attached hydrogens (primary N) is 1. The van der Waals surface area contributed by atoms with E-state index in [4.69, 9.17) is 15.9 Å². The predicted octanol–water partition coefficient (Wildman–Crippen LogP) is 2.09. The number of rotatable bonds is 4. The van der Waals surface area contributed by atoms with Crippen molar-refractivity contribution in [2.75, 3.05) is 0 Å². The van der Waals surface area contributed by atoms with Gasteiger partial charge in [0.05, 0.1) is 11.9 Å². The summed E-state index contributed by atoms with van der Waals surface area (Å²) in [5.74, 6) is 0.234. The first-order chi connectivity index (χ1) is 6.99. The normalized spacial score (nSPS) is 10.4. The number of hydrogen-bond donors (Lipinski definition) is 2. The molecule has 0 aliphatic rings. The minimum atomic E-state index is -0.345. The zero-order valence-electron chi connectivity index (χ0n) is 8.88. The fourth-order valence-corrected chi connectivity index (χ4v) is 1.26. The van der Waals surface area contributed by atoms with Crippen LogP contribution in [0.15, 0.2) is 18.2 Å². The quantitative estimate of drug-likeness (QED) is 0.590. The predicted molar refractivity (Wildman–Crippen MR) is 57.8 cm³/mol. The highest BCUT2D eigenvalue weighted by Gasteiger charge is 2.08. The third-order valence-electron chi connectivity index (χ3n) is 1.77. The SMILES string of the molecule is CC(C)Oc1ccc(F)cc1CC(=N)N. The van der Waals surface area contributed by atoms with Crippen LogP contribution in [0, 0.1) is 11.2 Å². The average Bonchev–Trinajstić information content (AvgIpc) is 2.08. The maximum absolute atomic E-state index is 13.0. The summed E-state index contributed by atoms with van der Waals surface area (Å²) in [6, 6.07) is 4.24. The smallest absolute Gasteiger partial charge is 0.123 e. The molecule has 4 heteroatoms. The van der Waals surface area contributed by atoms with Crippen molar-refractivity contribution in [3.8, 4) is 5.75 Å². The van der Waals surface area contributed by atoms with Crippen LogP contribution in [-0.2, 0) is 6.42 Å². The number of hydrogen-bond acceptors (Lipinski definition) is 2. The number of benzene rings is 1. The van der Waals surface area contributed by atoms with E-state index in [-0.39, 0.29) is 24.2 Å². The van der Waals surface area contributed by atoms with Gasteiger partial charge in [-0.05, 0) is 32.0 Å². The summed E-state index contributed by atoms with van der Waals surface area (Å²) in [5, 5.41) is 7.18. The van der Waals surface area contributed by atoms with Gasteiger partial charge in [0.25, 0.3) is 0 Å². The Morgan fingerprint density at radius 2 is 2.20 bits per heavy atom. The summed E-state index contributed by atoms with van der Waals surface area (Å²) in [4.78, 5) is 0. The summed E-state index contributed by atoms with van der Waals surface area (Å²) in [6.07, 6.45) is 0.223. The second kappa shape index (κ2) is 4.77. The maximum Gasteiger partial charge on any atom is 0.123 e. The molecular weight excluding hydrogens is 195 g/mol. The van der Waals surface area contributed by atoms with Crippen molar-refractivity contribution in [2.24, 2.45) is 5.73 Å². The van der Waals surface area contributed by atoms with Gasteiger partial charge < -0.3 is 10.5 Å². The van der Waals surface area contributed by atoms with Gasteiger partial charge in [0.1, 0.15) is 11.6 Å². The van der Waals surface area contributed by atoms with Crippen LogP contribution in [0.5, 0.6) is 5.75 Å². The summed E-state index contributed by atoms with van der Waals surface area (Å²) in [6.45, 7) is 3.78. The van der Waals surface area contributed by atoms with Crippen LogP contribution in [0.4, 0.5) is 4.39 Å². The molecule has 0 spiro atoms. The molecule has 3 N–H and O–H groups in total. The van der Waals surface area contributed by atoms with Gasteiger partial charge in [-0.3, -0.25) is 5.41 Å². The Bertz CT molecular complexity index is 364. The Balaban J connectivity index is 2.97. The van der Waals surface area contributed by atoms with Crippen molar-refractivity contribution in [1.82, 2.24) is 0 Å². The van der Waals surface area contributed by atoms with Crippen molar-refractivity contribution >= 4 is 5.84 Å². The molecule has 1 aromatic rings. The lowest BCUT2D eigenvalue weighted by Crippen LogP contribution is -2.15. The van der Waals surface area contributed by atoms with Crippen molar-refractivity contribution < 1.29 is 9.13 Å². The topological polar surface area (TPSA) is 59.1 Å².